The fraction of sp³-hybridized carbons (Fsp3) is 0.435. The largest absolute Gasteiger partial charge is 0.497 e. The molecule has 1 aliphatic rings. The molecule has 27 heavy (non-hydrogen) atoms. The highest BCUT2D eigenvalue weighted by Crippen LogP contribution is 2.46. The van der Waals surface area contributed by atoms with Crippen molar-refractivity contribution < 1.29 is 4.74 Å². The molecule has 0 radical (unpaired) electrons. The van der Waals surface area contributed by atoms with E-state index in [1.54, 1.807) is 7.11 Å². The topological polar surface area (TPSA) is 39.1 Å². The molecule has 4 heteroatoms. The average Bonchev–Trinajstić information content (AvgIpc) is 2.98. The van der Waals surface area contributed by atoms with E-state index in [9.17, 15) is 0 Å². The third-order valence-electron chi connectivity index (χ3n) is 5.67. The molecule has 2 aromatic carbocycles. The van der Waals surface area contributed by atoms with E-state index in [0.717, 1.165) is 22.9 Å². The molecule has 1 heterocycles. The minimum absolute atomic E-state index is 0.352. The first kappa shape index (κ1) is 17.9. The summed E-state index contributed by atoms with van der Waals surface area (Å²) in [5, 5.41) is 3.55. The number of benzene rings is 2. The Morgan fingerprint density at radius 3 is 2.52 bits per heavy atom. The predicted octanol–water partition coefficient (Wildman–Crippen LogP) is 6.18. The van der Waals surface area contributed by atoms with E-state index in [-0.39, 0.29) is 0 Å². The first-order valence-electron chi connectivity index (χ1n) is 9.83. The molecule has 0 spiro atoms. The summed E-state index contributed by atoms with van der Waals surface area (Å²) in [6.45, 7) is 7.17. The van der Waals surface area contributed by atoms with Gasteiger partial charge in [-0.1, -0.05) is 32.9 Å². The number of hydrogen-bond acceptors (Lipinski definition) is 3. The molecule has 0 amide bonds. The van der Waals surface area contributed by atoms with Gasteiger partial charge in [0.15, 0.2) is 0 Å². The summed E-state index contributed by atoms with van der Waals surface area (Å²) in [6.07, 6.45) is 3.66. The van der Waals surface area contributed by atoms with Gasteiger partial charge in [-0.25, -0.2) is 4.98 Å². The van der Waals surface area contributed by atoms with E-state index in [1.165, 1.54) is 24.8 Å². The van der Waals surface area contributed by atoms with Crippen LogP contribution in [0, 0.1) is 11.3 Å². The summed E-state index contributed by atoms with van der Waals surface area (Å²) in [6, 6.07) is 16.9. The third-order valence-corrected chi connectivity index (χ3v) is 5.67. The fourth-order valence-electron chi connectivity index (χ4n) is 4.80. The van der Waals surface area contributed by atoms with Crippen LogP contribution in [0.5, 0.6) is 5.75 Å². The lowest BCUT2D eigenvalue weighted by Gasteiger charge is -2.40. The Hall–Kier alpha value is -2.49. The SMILES string of the molecule is COc1ccc(Nc2nc3ccccc3n2C2C[C@@H](C)CC(C)(C)C2)cc1. The summed E-state index contributed by atoms with van der Waals surface area (Å²) in [5.74, 6) is 2.50. The molecule has 0 bridgehead atoms. The van der Waals surface area contributed by atoms with Crippen LogP contribution in [0.4, 0.5) is 11.6 Å². The average molecular weight is 364 g/mol. The van der Waals surface area contributed by atoms with E-state index >= 15 is 0 Å². The Labute approximate surface area is 161 Å². The van der Waals surface area contributed by atoms with Crippen molar-refractivity contribution in [3.8, 4) is 5.75 Å². The summed E-state index contributed by atoms with van der Waals surface area (Å²) in [4.78, 5) is 4.92. The zero-order chi connectivity index (χ0) is 19.0. The number of fused-ring (bicyclic) bond motifs is 1. The van der Waals surface area contributed by atoms with Gasteiger partial charge in [0.05, 0.1) is 18.1 Å². The summed E-state index contributed by atoms with van der Waals surface area (Å²) >= 11 is 0. The van der Waals surface area contributed by atoms with Crippen molar-refractivity contribution in [3.05, 3.63) is 48.5 Å². The molecule has 1 saturated carbocycles. The monoisotopic (exact) mass is 363 g/mol. The van der Waals surface area contributed by atoms with Gasteiger partial charge in [-0.15, -0.1) is 0 Å². The molecule has 3 aromatic rings. The van der Waals surface area contributed by atoms with Gasteiger partial charge in [-0.3, -0.25) is 0 Å². The third kappa shape index (κ3) is 3.66. The minimum Gasteiger partial charge on any atom is -0.497 e. The maximum atomic E-state index is 5.27. The highest BCUT2D eigenvalue weighted by molar-refractivity contribution is 5.80. The van der Waals surface area contributed by atoms with Crippen molar-refractivity contribution >= 4 is 22.7 Å². The highest BCUT2D eigenvalue weighted by atomic mass is 16.5. The lowest BCUT2D eigenvalue weighted by molar-refractivity contribution is 0.140. The van der Waals surface area contributed by atoms with Crippen molar-refractivity contribution in [1.82, 2.24) is 9.55 Å². The van der Waals surface area contributed by atoms with E-state index in [4.69, 9.17) is 9.72 Å². The second kappa shape index (κ2) is 6.91. The number of aromatic nitrogens is 2. The van der Waals surface area contributed by atoms with E-state index in [1.807, 2.05) is 24.3 Å². The van der Waals surface area contributed by atoms with Crippen LogP contribution in [0.3, 0.4) is 0 Å². The Bertz CT molecular complexity index is 926. The Balaban J connectivity index is 1.75. The maximum Gasteiger partial charge on any atom is 0.208 e. The molecule has 1 unspecified atom stereocenters. The van der Waals surface area contributed by atoms with Gasteiger partial charge < -0.3 is 14.6 Å². The van der Waals surface area contributed by atoms with Gasteiger partial charge in [0.25, 0.3) is 0 Å². The first-order valence-corrected chi connectivity index (χ1v) is 9.83. The number of hydrogen-bond donors (Lipinski definition) is 1. The van der Waals surface area contributed by atoms with E-state index < -0.39 is 0 Å². The van der Waals surface area contributed by atoms with Crippen LogP contribution in [0.25, 0.3) is 11.0 Å². The lowest BCUT2D eigenvalue weighted by Crippen LogP contribution is -2.29. The van der Waals surface area contributed by atoms with Gasteiger partial charge in [-0.05, 0) is 67.0 Å². The van der Waals surface area contributed by atoms with Crippen LogP contribution in [-0.4, -0.2) is 16.7 Å². The fourth-order valence-corrected chi connectivity index (χ4v) is 4.80. The molecular formula is C23H29N3O. The number of nitrogens with one attached hydrogen (secondary N) is 1. The lowest BCUT2D eigenvalue weighted by atomic mass is 9.70. The Kier molecular flexibility index (Phi) is 4.58. The molecule has 0 saturated heterocycles. The molecule has 2 atom stereocenters. The molecule has 4 nitrogen and oxygen atoms in total. The molecule has 1 N–H and O–H groups in total. The number of rotatable bonds is 4. The molecule has 4 rings (SSSR count). The predicted molar refractivity (Wildman–Crippen MR) is 112 cm³/mol. The zero-order valence-electron chi connectivity index (χ0n) is 16.7. The molecule has 142 valence electrons. The van der Waals surface area contributed by atoms with Gasteiger partial charge in [-0.2, -0.15) is 0 Å². The quantitative estimate of drug-likeness (QED) is 0.602. The normalized spacial score (nSPS) is 21.9. The Morgan fingerprint density at radius 2 is 1.81 bits per heavy atom. The van der Waals surface area contributed by atoms with Crippen LogP contribution in [0.2, 0.25) is 0 Å². The van der Waals surface area contributed by atoms with Crippen LogP contribution in [0.15, 0.2) is 48.5 Å². The summed E-state index contributed by atoms with van der Waals surface area (Å²) < 4.78 is 7.70. The van der Waals surface area contributed by atoms with Crippen molar-refractivity contribution in [1.29, 1.82) is 0 Å². The van der Waals surface area contributed by atoms with Crippen molar-refractivity contribution in [3.63, 3.8) is 0 Å². The maximum absolute atomic E-state index is 5.27. The number of ether oxygens (including phenoxy) is 1. The smallest absolute Gasteiger partial charge is 0.208 e. The Morgan fingerprint density at radius 1 is 1.07 bits per heavy atom. The molecule has 0 aliphatic heterocycles. The summed E-state index contributed by atoms with van der Waals surface area (Å²) in [7, 11) is 1.69. The second-order valence-electron chi connectivity index (χ2n) is 8.71. The molecule has 1 aromatic heterocycles. The van der Waals surface area contributed by atoms with Crippen LogP contribution in [0.1, 0.15) is 46.1 Å². The molecular weight excluding hydrogens is 334 g/mol. The van der Waals surface area contributed by atoms with Crippen molar-refractivity contribution in [2.45, 2.75) is 46.1 Å². The van der Waals surface area contributed by atoms with Crippen LogP contribution < -0.4 is 10.1 Å². The van der Waals surface area contributed by atoms with Gasteiger partial charge in [0, 0.05) is 11.7 Å². The minimum atomic E-state index is 0.352. The number of nitrogens with zero attached hydrogens (tertiary/aromatic N) is 2. The molecule has 1 fully saturated rings. The van der Waals surface area contributed by atoms with E-state index in [2.05, 4.69) is 54.9 Å². The number of methoxy groups -OCH3 is 1. The molecule has 1 aliphatic carbocycles. The second-order valence-corrected chi connectivity index (χ2v) is 8.71. The van der Waals surface area contributed by atoms with Crippen molar-refractivity contribution in [2.75, 3.05) is 12.4 Å². The highest BCUT2D eigenvalue weighted by Gasteiger charge is 2.34. The van der Waals surface area contributed by atoms with Gasteiger partial charge in [0.2, 0.25) is 5.95 Å². The van der Waals surface area contributed by atoms with Gasteiger partial charge >= 0.3 is 0 Å². The van der Waals surface area contributed by atoms with Gasteiger partial charge in [0.1, 0.15) is 5.75 Å². The van der Waals surface area contributed by atoms with Crippen molar-refractivity contribution in [2.24, 2.45) is 11.3 Å². The number of imidazole rings is 1. The standard InChI is InChI=1S/C23H29N3O/c1-16-13-18(15-23(2,3)14-16)26-21-8-6-5-7-20(21)25-22(26)24-17-9-11-19(27-4)12-10-17/h5-12,16,18H,13-15H2,1-4H3,(H,24,25)/t16-,18?/m1/s1. The summed E-state index contributed by atoms with van der Waals surface area (Å²) in [5.41, 5.74) is 3.63. The van der Waals surface area contributed by atoms with E-state index in [0.29, 0.717) is 17.4 Å². The number of anilines is 2. The zero-order valence-corrected chi connectivity index (χ0v) is 16.7. The van der Waals surface area contributed by atoms with Crippen LogP contribution in [-0.2, 0) is 0 Å². The number of para-hydroxylation sites is 2. The van der Waals surface area contributed by atoms with Crippen LogP contribution >= 0.6 is 0 Å². The first-order chi connectivity index (χ1) is 12.9.